The Bertz CT molecular complexity index is 426. The van der Waals surface area contributed by atoms with Gasteiger partial charge in [0.05, 0.1) is 12.7 Å². The van der Waals surface area contributed by atoms with Gasteiger partial charge in [0.1, 0.15) is 0 Å². The number of rotatable bonds is 5. The van der Waals surface area contributed by atoms with Gasteiger partial charge in [-0.05, 0) is 30.5 Å². The summed E-state index contributed by atoms with van der Waals surface area (Å²) in [6.45, 7) is 1.29. The Morgan fingerprint density at radius 2 is 1.90 bits per heavy atom. The lowest BCUT2D eigenvalue weighted by Crippen LogP contribution is -2.39. The summed E-state index contributed by atoms with van der Waals surface area (Å²) in [5, 5.41) is 23.4. The summed E-state index contributed by atoms with van der Waals surface area (Å²) >= 11 is 0. The van der Waals surface area contributed by atoms with Crippen LogP contribution < -0.4 is 10.1 Å². The zero-order valence-electron chi connectivity index (χ0n) is 12.2. The van der Waals surface area contributed by atoms with Crippen molar-refractivity contribution >= 4 is 0 Å². The minimum atomic E-state index is -0.558. The summed E-state index contributed by atoms with van der Waals surface area (Å²) in [6.07, 6.45) is 6.48. The van der Waals surface area contributed by atoms with Gasteiger partial charge in [-0.25, -0.2) is 0 Å². The molecule has 0 aromatic heterocycles. The van der Waals surface area contributed by atoms with Crippen molar-refractivity contribution in [1.82, 2.24) is 5.32 Å². The Balaban J connectivity index is 1.85. The second kappa shape index (κ2) is 6.95. The molecule has 0 unspecified atom stereocenters. The normalized spacial score (nSPS) is 18.5. The third-order valence-electron chi connectivity index (χ3n) is 4.06. The van der Waals surface area contributed by atoms with Crippen molar-refractivity contribution in [3.63, 3.8) is 0 Å². The molecular weight excluding hydrogens is 254 g/mol. The predicted molar refractivity (Wildman–Crippen MR) is 79.0 cm³/mol. The molecule has 112 valence electrons. The lowest BCUT2D eigenvalue weighted by Gasteiger charge is -2.27. The molecule has 4 heteroatoms. The molecule has 1 fully saturated rings. The first-order valence-corrected chi connectivity index (χ1v) is 7.42. The second-order valence-corrected chi connectivity index (χ2v) is 5.75. The lowest BCUT2D eigenvalue weighted by atomic mass is 9.94. The van der Waals surface area contributed by atoms with Gasteiger partial charge in [-0.1, -0.05) is 31.7 Å². The number of ether oxygens (including phenoxy) is 1. The van der Waals surface area contributed by atoms with Gasteiger partial charge < -0.3 is 20.3 Å². The van der Waals surface area contributed by atoms with Gasteiger partial charge in [-0.15, -0.1) is 0 Å². The van der Waals surface area contributed by atoms with Crippen LogP contribution in [0.4, 0.5) is 0 Å². The highest BCUT2D eigenvalue weighted by molar-refractivity contribution is 5.41. The average molecular weight is 279 g/mol. The zero-order valence-corrected chi connectivity index (χ0v) is 12.2. The summed E-state index contributed by atoms with van der Waals surface area (Å²) < 4.78 is 5.09. The highest BCUT2D eigenvalue weighted by atomic mass is 16.5. The fourth-order valence-electron chi connectivity index (χ4n) is 2.83. The number of aliphatic hydroxyl groups is 1. The van der Waals surface area contributed by atoms with Gasteiger partial charge in [0.2, 0.25) is 0 Å². The minimum absolute atomic E-state index is 0.152. The number of hydrogen-bond acceptors (Lipinski definition) is 4. The second-order valence-electron chi connectivity index (χ2n) is 5.75. The van der Waals surface area contributed by atoms with Gasteiger partial charge in [-0.2, -0.15) is 0 Å². The Morgan fingerprint density at radius 3 is 2.55 bits per heavy atom. The fourth-order valence-corrected chi connectivity index (χ4v) is 2.83. The van der Waals surface area contributed by atoms with E-state index in [0.29, 0.717) is 18.8 Å². The molecule has 0 radical (unpaired) electrons. The van der Waals surface area contributed by atoms with E-state index in [1.54, 1.807) is 13.2 Å². The third kappa shape index (κ3) is 4.12. The van der Waals surface area contributed by atoms with E-state index in [-0.39, 0.29) is 5.75 Å². The van der Waals surface area contributed by atoms with Gasteiger partial charge in [0, 0.05) is 13.1 Å². The first-order valence-electron chi connectivity index (χ1n) is 7.42. The molecule has 4 nitrogen and oxygen atoms in total. The van der Waals surface area contributed by atoms with Crippen molar-refractivity contribution in [1.29, 1.82) is 0 Å². The fraction of sp³-hybridized carbons (Fsp3) is 0.625. The number of hydrogen-bond donors (Lipinski definition) is 3. The van der Waals surface area contributed by atoms with E-state index in [2.05, 4.69) is 5.32 Å². The number of phenolic OH excluding ortho intramolecular Hbond substituents is 1. The molecule has 0 amide bonds. The summed E-state index contributed by atoms with van der Waals surface area (Å²) in [5.41, 5.74) is 0.481. The molecule has 1 aliphatic rings. The van der Waals surface area contributed by atoms with Crippen LogP contribution in [-0.4, -0.2) is 29.5 Å². The number of methoxy groups -OCH3 is 1. The first-order chi connectivity index (χ1) is 9.63. The Kier molecular flexibility index (Phi) is 5.26. The van der Waals surface area contributed by atoms with Crippen molar-refractivity contribution in [3.05, 3.63) is 23.8 Å². The highest BCUT2D eigenvalue weighted by Gasteiger charge is 2.27. The molecule has 1 aliphatic carbocycles. The van der Waals surface area contributed by atoms with Crippen molar-refractivity contribution in [2.75, 3.05) is 13.7 Å². The average Bonchev–Trinajstić information content (AvgIpc) is 2.66. The molecule has 0 spiro atoms. The van der Waals surface area contributed by atoms with E-state index in [4.69, 9.17) is 4.74 Å². The molecule has 1 saturated carbocycles. The smallest absolute Gasteiger partial charge is 0.160 e. The molecule has 1 aromatic carbocycles. The summed E-state index contributed by atoms with van der Waals surface area (Å²) in [5.74, 6) is 0.635. The summed E-state index contributed by atoms with van der Waals surface area (Å²) in [6, 6.07) is 5.32. The van der Waals surface area contributed by atoms with Crippen LogP contribution in [0.2, 0.25) is 0 Å². The summed E-state index contributed by atoms with van der Waals surface area (Å²) in [7, 11) is 1.54. The summed E-state index contributed by atoms with van der Waals surface area (Å²) in [4.78, 5) is 0. The maximum atomic E-state index is 10.5. The predicted octanol–water partition coefficient (Wildman–Crippen LogP) is 2.58. The highest BCUT2D eigenvalue weighted by Crippen LogP contribution is 2.27. The maximum absolute atomic E-state index is 10.5. The molecular formula is C16H25NO3. The quantitative estimate of drug-likeness (QED) is 0.725. The van der Waals surface area contributed by atoms with Crippen LogP contribution in [0, 0.1) is 0 Å². The van der Waals surface area contributed by atoms with Crippen LogP contribution in [0.25, 0.3) is 0 Å². The van der Waals surface area contributed by atoms with Gasteiger partial charge in [-0.3, -0.25) is 0 Å². The molecule has 2 rings (SSSR count). The molecule has 0 bridgehead atoms. The molecule has 1 aromatic rings. The van der Waals surface area contributed by atoms with Crippen molar-refractivity contribution in [3.8, 4) is 11.5 Å². The minimum Gasteiger partial charge on any atom is -0.504 e. The zero-order chi connectivity index (χ0) is 14.4. The van der Waals surface area contributed by atoms with Gasteiger partial charge in [0.15, 0.2) is 11.5 Å². The van der Waals surface area contributed by atoms with Crippen LogP contribution in [0.5, 0.6) is 11.5 Å². The number of phenols is 1. The van der Waals surface area contributed by atoms with E-state index in [9.17, 15) is 10.2 Å². The molecule has 0 heterocycles. The SMILES string of the molecule is COc1cc(CNCC2(O)CCCCCC2)ccc1O. The van der Waals surface area contributed by atoms with E-state index in [1.165, 1.54) is 12.8 Å². The van der Waals surface area contributed by atoms with Crippen LogP contribution >= 0.6 is 0 Å². The standard InChI is InChI=1S/C16H25NO3/c1-20-15-10-13(6-7-14(15)18)11-17-12-16(19)8-4-2-3-5-9-16/h6-7,10,17-19H,2-5,8-9,11-12H2,1H3. The van der Waals surface area contributed by atoms with E-state index in [1.807, 2.05) is 12.1 Å². The van der Waals surface area contributed by atoms with Crippen LogP contribution in [0.1, 0.15) is 44.1 Å². The Labute approximate surface area is 120 Å². The number of aromatic hydroxyl groups is 1. The van der Waals surface area contributed by atoms with Crippen molar-refractivity contribution in [2.45, 2.75) is 50.7 Å². The molecule has 20 heavy (non-hydrogen) atoms. The molecule has 0 atom stereocenters. The van der Waals surface area contributed by atoms with Crippen molar-refractivity contribution < 1.29 is 14.9 Å². The third-order valence-corrected chi connectivity index (χ3v) is 4.06. The largest absolute Gasteiger partial charge is 0.504 e. The number of benzene rings is 1. The Morgan fingerprint density at radius 1 is 1.20 bits per heavy atom. The van der Waals surface area contributed by atoms with Crippen LogP contribution in [-0.2, 0) is 6.54 Å². The number of nitrogens with one attached hydrogen (secondary N) is 1. The van der Waals surface area contributed by atoms with Gasteiger partial charge >= 0.3 is 0 Å². The molecule has 0 aliphatic heterocycles. The van der Waals surface area contributed by atoms with E-state index in [0.717, 1.165) is 31.2 Å². The van der Waals surface area contributed by atoms with Crippen molar-refractivity contribution in [2.24, 2.45) is 0 Å². The molecule has 0 saturated heterocycles. The monoisotopic (exact) mass is 279 g/mol. The Hall–Kier alpha value is -1.26. The first kappa shape index (κ1) is 15.1. The van der Waals surface area contributed by atoms with Crippen LogP contribution in [0.3, 0.4) is 0 Å². The van der Waals surface area contributed by atoms with Crippen LogP contribution in [0.15, 0.2) is 18.2 Å². The molecule has 3 N–H and O–H groups in total. The lowest BCUT2D eigenvalue weighted by molar-refractivity contribution is 0.0250. The van der Waals surface area contributed by atoms with E-state index >= 15 is 0 Å². The van der Waals surface area contributed by atoms with Gasteiger partial charge in [0.25, 0.3) is 0 Å². The van der Waals surface area contributed by atoms with E-state index < -0.39 is 5.60 Å². The maximum Gasteiger partial charge on any atom is 0.160 e. The topological polar surface area (TPSA) is 61.7 Å².